The Morgan fingerprint density at radius 2 is 0.417 bits per heavy atom. The fourth-order valence-electron chi connectivity index (χ4n) is 3.11. The second-order valence-electron chi connectivity index (χ2n) is 6.95. The third kappa shape index (κ3) is 6.83. The Balaban J connectivity index is 0.000000360. The van der Waals surface area contributed by atoms with Gasteiger partial charge in [-0.25, -0.2) is 56.2 Å². The Morgan fingerprint density at radius 3 is 0.500 bits per heavy atom. The van der Waals surface area contributed by atoms with E-state index in [1.54, 1.807) is 0 Å². The highest BCUT2D eigenvalue weighted by atomic mass is 16.3. The lowest BCUT2D eigenvalue weighted by molar-refractivity contribution is 0.238. The van der Waals surface area contributed by atoms with Crippen LogP contribution in [0.4, 0.5) is 0 Å². The van der Waals surface area contributed by atoms with E-state index in [1.807, 2.05) is 0 Å². The second-order valence-corrected chi connectivity index (χ2v) is 6.95. The lowest BCUT2D eigenvalue weighted by Crippen LogP contribution is -2.55. The van der Waals surface area contributed by atoms with Crippen LogP contribution < -0.4 is 34.1 Å². The van der Waals surface area contributed by atoms with Gasteiger partial charge in [0, 0.05) is 0 Å². The number of aromatic nitrogens is 6. The van der Waals surface area contributed by atoms with Gasteiger partial charge in [0.15, 0.2) is 0 Å². The van der Waals surface area contributed by atoms with Gasteiger partial charge in [0.25, 0.3) is 0 Å². The van der Waals surface area contributed by atoms with Crippen LogP contribution in [-0.4, -0.2) is 97.7 Å². The fraction of sp³-hybridized carbons (Fsp3) is 0.667. The van der Waals surface area contributed by atoms with Crippen molar-refractivity contribution in [1.82, 2.24) is 27.4 Å². The monoisotopic (exact) mass is 522 g/mol. The number of aliphatic hydroxyl groups excluding tert-OH is 6. The van der Waals surface area contributed by atoms with Crippen molar-refractivity contribution in [2.75, 3.05) is 39.6 Å². The molecule has 0 aliphatic carbocycles. The molecule has 18 nitrogen and oxygen atoms in total. The molecule has 0 saturated heterocycles. The van der Waals surface area contributed by atoms with Gasteiger partial charge in [0.05, 0.1) is 78.9 Å². The molecule has 2 rings (SSSR count). The van der Waals surface area contributed by atoms with Crippen molar-refractivity contribution in [1.29, 1.82) is 0 Å². The maximum Gasteiger partial charge on any atom is 0.336 e. The third-order valence-corrected chi connectivity index (χ3v) is 4.71. The zero-order valence-electron chi connectivity index (χ0n) is 19.3. The van der Waals surface area contributed by atoms with Crippen LogP contribution in [0.15, 0.2) is 28.8 Å². The summed E-state index contributed by atoms with van der Waals surface area (Å²) in [6.07, 6.45) is 0. The van der Waals surface area contributed by atoms with E-state index in [9.17, 15) is 28.8 Å². The first kappa shape index (κ1) is 30.6. The predicted octanol–water partition coefficient (Wildman–Crippen LogP) is -7.70. The molecule has 0 spiro atoms. The summed E-state index contributed by atoms with van der Waals surface area (Å²) in [6.45, 7) is -4.16. The normalized spacial score (nSPS) is 10.8. The maximum absolute atomic E-state index is 11.8. The first-order valence-electron chi connectivity index (χ1n) is 10.7. The van der Waals surface area contributed by atoms with Crippen molar-refractivity contribution in [2.24, 2.45) is 0 Å². The lowest BCUT2D eigenvalue weighted by Gasteiger charge is -2.11. The molecule has 0 bridgehead atoms. The minimum absolute atomic E-state index is 0.255. The fourth-order valence-corrected chi connectivity index (χ4v) is 3.11. The zero-order chi connectivity index (χ0) is 27.4. The average molecular weight is 522 g/mol. The quantitative estimate of drug-likeness (QED) is 0.152. The van der Waals surface area contributed by atoms with Gasteiger partial charge in [-0.15, -0.1) is 0 Å². The van der Waals surface area contributed by atoms with Crippen molar-refractivity contribution in [3.8, 4) is 0 Å². The van der Waals surface area contributed by atoms with E-state index >= 15 is 0 Å². The predicted molar refractivity (Wildman–Crippen MR) is 121 cm³/mol. The highest BCUT2D eigenvalue weighted by Gasteiger charge is 2.15. The van der Waals surface area contributed by atoms with E-state index in [2.05, 4.69) is 0 Å². The molecule has 0 fully saturated rings. The van der Waals surface area contributed by atoms with E-state index in [-0.39, 0.29) is 39.3 Å². The molecule has 0 atom stereocenters. The first-order chi connectivity index (χ1) is 17.2. The maximum atomic E-state index is 11.8. The Morgan fingerprint density at radius 1 is 0.306 bits per heavy atom. The summed E-state index contributed by atoms with van der Waals surface area (Å²) in [4.78, 5) is 70.6. The number of aliphatic hydroxyl groups is 6. The molecule has 0 amide bonds. The highest BCUT2D eigenvalue weighted by Crippen LogP contribution is 1.78. The summed E-state index contributed by atoms with van der Waals surface area (Å²) >= 11 is 0. The highest BCUT2D eigenvalue weighted by molar-refractivity contribution is 4.80. The molecule has 204 valence electrons. The second kappa shape index (κ2) is 14.9. The summed E-state index contributed by atoms with van der Waals surface area (Å²) in [5, 5.41) is 52.7. The molecule has 0 aliphatic rings. The topological polar surface area (TPSA) is 253 Å². The summed E-state index contributed by atoms with van der Waals surface area (Å²) in [5.74, 6) is 0. The van der Waals surface area contributed by atoms with Crippen LogP contribution in [0.5, 0.6) is 0 Å². The first-order valence-corrected chi connectivity index (χ1v) is 10.7. The summed E-state index contributed by atoms with van der Waals surface area (Å²) < 4.78 is 4.12. The van der Waals surface area contributed by atoms with Gasteiger partial charge in [0.2, 0.25) is 0 Å². The molecule has 0 unspecified atom stereocenters. The Bertz CT molecular complexity index is 1020. The number of nitrogens with zero attached hydrogens (tertiary/aromatic N) is 6. The van der Waals surface area contributed by atoms with E-state index in [4.69, 9.17) is 30.6 Å². The smallest absolute Gasteiger partial charge is 0.336 e. The van der Waals surface area contributed by atoms with Crippen molar-refractivity contribution in [2.45, 2.75) is 39.3 Å². The van der Waals surface area contributed by atoms with Crippen LogP contribution in [0.25, 0.3) is 0 Å². The van der Waals surface area contributed by atoms with Crippen LogP contribution in [-0.2, 0) is 39.3 Å². The third-order valence-electron chi connectivity index (χ3n) is 4.71. The van der Waals surface area contributed by atoms with Gasteiger partial charge in [-0.1, -0.05) is 0 Å². The van der Waals surface area contributed by atoms with Gasteiger partial charge >= 0.3 is 34.1 Å². The van der Waals surface area contributed by atoms with E-state index in [1.165, 1.54) is 0 Å². The van der Waals surface area contributed by atoms with Gasteiger partial charge < -0.3 is 30.6 Å². The minimum Gasteiger partial charge on any atom is -0.395 e. The Labute approximate surface area is 200 Å². The molecular weight excluding hydrogens is 492 g/mol. The largest absolute Gasteiger partial charge is 0.395 e. The van der Waals surface area contributed by atoms with Crippen LogP contribution in [0.1, 0.15) is 0 Å². The molecule has 36 heavy (non-hydrogen) atoms. The number of hydrogen-bond acceptors (Lipinski definition) is 12. The van der Waals surface area contributed by atoms with E-state index in [0.29, 0.717) is 27.4 Å². The summed E-state index contributed by atoms with van der Waals surface area (Å²) in [6, 6.07) is 0. The lowest BCUT2D eigenvalue weighted by atomic mass is 10.6. The summed E-state index contributed by atoms with van der Waals surface area (Å²) in [7, 11) is 0. The van der Waals surface area contributed by atoms with Crippen molar-refractivity contribution in [3.63, 3.8) is 0 Å². The molecule has 6 N–H and O–H groups in total. The molecule has 2 aromatic rings. The number of rotatable bonds is 12. The molecule has 0 aromatic carbocycles. The van der Waals surface area contributed by atoms with Crippen LogP contribution >= 0.6 is 0 Å². The Hall–Kier alpha value is -3.42. The minimum atomic E-state index is -0.887. The molecule has 18 heteroatoms. The van der Waals surface area contributed by atoms with Crippen LogP contribution in [0.2, 0.25) is 0 Å². The van der Waals surface area contributed by atoms with E-state index < -0.39 is 73.8 Å². The van der Waals surface area contributed by atoms with Crippen LogP contribution in [0.3, 0.4) is 0 Å². The van der Waals surface area contributed by atoms with Crippen molar-refractivity contribution >= 4 is 0 Å². The zero-order valence-corrected chi connectivity index (χ0v) is 19.3. The Kier molecular flexibility index (Phi) is 12.6. The molecule has 0 aliphatic heterocycles. The van der Waals surface area contributed by atoms with Crippen molar-refractivity contribution < 1.29 is 30.6 Å². The number of hydrogen-bond donors (Lipinski definition) is 6. The van der Waals surface area contributed by atoms with Gasteiger partial charge in [-0.2, -0.15) is 0 Å². The molecule has 2 aromatic heterocycles. The molecule has 2 heterocycles. The summed E-state index contributed by atoms with van der Waals surface area (Å²) in [5.41, 5.74) is -5.32. The van der Waals surface area contributed by atoms with Crippen molar-refractivity contribution in [3.05, 3.63) is 62.9 Å². The standard InChI is InChI=1S/2C9H15N3O6/c2*13-4-1-10-7(16)11(2-5-14)9(18)12(3-6-15)8(10)17/h2*13-15H,1-6H2. The SMILES string of the molecule is O=c1n(CCO)c(=O)n(CCO)c(=O)n1CCO.O=c1n(CCO)c(=O)n(CCO)c(=O)n1CCO. The van der Waals surface area contributed by atoms with Gasteiger partial charge in [0.1, 0.15) is 0 Å². The van der Waals surface area contributed by atoms with Gasteiger partial charge in [-0.3, -0.25) is 0 Å². The molecule has 0 radical (unpaired) electrons. The van der Waals surface area contributed by atoms with E-state index in [0.717, 1.165) is 0 Å². The molecule has 0 saturated carbocycles. The average Bonchev–Trinajstić information content (AvgIpc) is 2.86. The van der Waals surface area contributed by atoms with Gasteiger partial charge in [-0.05, 0) is 0 Å². The molecular formula is C18H30N6O12. The van der Waals surface area contributed by atoms with Crippen LogP contribution in [0, 0.1) is 0 Å².